The summed E-state index contributed by atoms with van der Waals surface area (Å²) in [6.45, 7) is 4.17. The molecule has 4 fully saturated rings. The average molecular weight is 445 g/mol. The third kappa shape index (κ3) is 4.33. The van der Waals surface area contributed by atoms with Crippen molar-refractivity contribution in [1.82, 2.24) is 15.0 Å². The molecule has 0 aromatic carbocycles. The van der Waals surface area contributed by atoms with Gasteiger partial charge in [0.05, 0.1) is 42.1 Å². The molecule has 5 atom stereocenters. The van der Waals surface area contributed by atoms with Crippen molar-refractivity contribution in [3.05, 3.63) is 49.1 Å². The lowest BCUT2D eigenvalue weighted by molar-refractivity contribution is -0.165. The lowest BCUT2D eigenvalue weighted by Crippen LogP contribution is -2.60. The average Bonchev–Trinajstić information content (AvgIpc) is 2.81. The van der Waals surface area contributed by atoms with Crippen molar-refractivity contribution in [1.29, 1.82) is 5.26 Å². The summed E-state index contributed by atoms with van der Waals surface area (Å²) in [5.41, 5.74) is 1.20. The summed E-state index contributed by atoms with van der Waals surface area (Å²) in [6, 6.07) is 4.34. The van der Waals surface area contributed by atoms with Crippen LogP contribution in [0, 0.1) is 29.1 Å². The highest BCUT2D eigenvalue weighted by Gasteiger charge is 2.56. The van der Waals surface area contributed by atoms with Crippen LogP contribution in [0.5, 0.6) is 0 Å². The lowest BCUT2D eigenvalue weighted by atomic mass is 9.52. The zero-order chi connectivity index (χ0) is 22.8. The highest BCUT2D eigenvalue weighted by Crippen LogP contribution is 2.57. The standard InChI is InChI=1S/C25H28N6O2/c1-2-21(32)19-14-29-22(31-23-15-27-5-6-28-23)10-20(19)30-24-17-8-16-9-18(24)13-25(11-16,12-17)33-7-3-4-26/h2,5-6,10,14-18,24H,1,3,7-9,11-13H2,(H2,28,29,30,31)/t16?,17-,18+,24?,25?. The fraction of sp³-hybridized carbons (Fsp3) is 0.480. The molecule has 8 heteroatoms. The first-order valence-electron chi connectivity index (χ1n) is 11.6. The van der Waals surface area contributed by atoms with E-state index in [4.69, 9.17) is 10.00 Å². The van der Waals surface area contributed by atoms with Crippen molar-refractivity contribution in [2.45, 2.75) is 50.2 Å². The van der Waals surface area contributed by atoms with Gasteiger partial charge < -0.3 is 15.4 Å². The van der Waals surface area contributed by atoms with E-state index < -0.39 is 0 Å². The molecule has 2 N–H and O–H groups in total. The molecule has 0 aliphatic heterocycles. The van der Waals surface area contributed by atoms with E-state index >= 15 is 0 Å². The number of anilines is 3. The molecule has 170 valence electrons. The Balaban J connectivity index is 1.38. The van der Waals surface area contributed by atoms with Crippen LogP contribution >= 0.6 is 0 Å². The van der Waals surface area contributed by atoms with Gasteiger partial charge in [0.25, 0.3) is 0 Å². The topological polar surface area (TPSA) is 113 Å². The molecule has 0 saturated heterocycles. The Morgan fingerprint density at radius 2 is 2.03 bits per heavy atom. The third-order valence-corrected chi connectivity index (χ3v) is 7.34. The van der Waals surface area contributed by atoms with Crippen LogP contribution in [0.25, 0.3) is 0 Å². The first kappa shape index (κ1) is 21.5. The van der Waals surface area contributed by atoms with Crippen LogP contribution in [0.1, 0.15) is 48.9 Å². The number of nitriles is 1. The van der Waals surface area contributed by atoms with E-state index in [1.807, 2.05) is 6.07 Å². The molecule has 0 radical (unpaired) electrons. The number of hydrogen-bond acceptors (Lipinski definition) is 8. The van der Waals surface area contributed by atoms with Crippen molar-refractivity contribution in [2.24, 2.45) is 17.8 Å². The van der Waals surface area contributed by atoms with E-state index in [1.165, 1.54) is 18.9 Å². The predicted octanol–water partition coefficient (Wildman–Crippen LogP) is 4.27. The number of nitrogens with one attached hydrogen (secondary N) is 2. The van der Waals surface area contributed by atoms with Crippen molar-refractivity contribution in [3.63, 3.8) is 0 Å². The fourth-order valence-electron chi connectivity index (χ4n) is 6.30. The molecule has 2 heterocycles. The number of aromatic nitrogens is 3. The molecule has 3 unspecified atom stereocenters. The lowest BCUT2D eigenvalue weighted by Gasteiger charge is -2.59. The Morgan fingerprint density at radius 3 is 2.73 bits per heavy atom. The van der Waals surface area contributed by atoms with Crippen molar-refractivity contribution < 1.29 is 9.53 Å². The van der Waals surface area contributed by atoms with Gasteiger partial charge in [-0.05, 0) is 55.9 Å². The molecule has 4 bridgehead atoms. The van der Waals surface area contributed by atoms with Crippen LogP contribution in [-0.4, -0.2) is 39.0 Å². The van der Waals surface area contributed by atoms with Gasteiger partial charge in [-0.3, -0.25) is 9.78 Å². The molecular formula is C25H28N6O2. The van der Waals surface area contributed by atoms with Gasteiger partial charge in [0.15, 0.2) is 5.78 Å². The van der Waals surface area contributed by atoms with Crippen LogP contribution in [0.2, 0.25) is 0 Å². The van der Waals surface area contributed by atoms with Gasteiger partial charge in [-0.2, -0.15) is 5.26 Å². The van der Waals surface area contributed by atoms with E-state index in [0.717, 1.165) is 24.9 Å². The van der Waals surface area contributed by atoms with Crippen LogP contribution in [-0.2, 0) is 4.74 Å². The van der Waals surface area contributed by atoms with Crippen LogP contribution in [0.3, 0.4) is 0 Å². The summed E-state index contributed by atoms with van der Waals surface area (Å²) in [6.07, 6.45) is 13.7. The van der Waals surface area contributed by atoms with E-state index in [1.54, 1.807) is 24.8 Å². The smallest absolute Gasteiger partial charge is 0.188 e. The van der Waals surface area contributed by atoms with E-state index in [2.05, 4.69) is 38.2 Å². The minimum absolute atomic E-state index is 0.0811. The highest BCUT2D eigenvalue weighted by molar-refractivity contribution is 6.08. The molecule has 0 amide bonds. The number of allylic oxidation sites excluding steroid dienone is 1. The number of carbonyl (C=O) groups is 1. The SMILES string of the molecule is C=CC(=O)c1cnc(Nc2cnccn2)cc1NC1[C@@H]2CC3C[C@H]1CC(OCCC#N)(C3)C2. The normalized spacial score (nSPS) is 29.3. The van der Waals surface area contributed by atoms with Crippen molar-refractivity contribution >= 4 is 23.1 Å². The molecule has 0 spiro atoms. The molecule has 4 saturated carbocycles. The second-order valence-corrected chi connectivity index (χ2v) is 9.48. The van der Waals surface area contributed by atoms with Gasteiger partial charge in [0.2, 0.25) is 0 Å². The highest BCUT2D eigenvalue weighted by atomic mass is 16.5. The van der Waals surface area contributed by atoms with E-state index in [9.17, 15) is 4.79 Å². The predicted molar refractivity (Wildman–Crippen MR) is 124 cm³/mol. The third-order valence-electron chi connectivity index (χ3n) is 7.34. The molecule has 33 heavy (non-hydrogen) atoms. The minimum Gasteiger partial charge on any atom is -0.381 e. The summed E-state index contributed by atoms with van der Waals surface area (Å²) < 4.78 is 6.30. The largest absolute Gasteiger partial charge is 0.381 e. The summed E-state index contributed by atoms with van der Waals surface area (Å²) in [5.74, 6) is 2.67. The fourth-order valence-corrected chi connectivity index (χ4v) is 6.30. The van der Waals surface area contributed by atoms with Crippen molar-refractivity contribution in [3.8, 4) is 6.07 Å². The number of pyridine rings is 1. The Kier molecular flexibility index (Phi) is 5.81. The Hall–Kier alpha value is -3.31. The summed E-state index contributed by atoms with van der Waals surface area (Å²) in [5, 5.41) is 15.8. The minimum atomic E-state index is -0.156. The van der Waals surface area contributed by atoms with Crippen molar-refractivity contribution in [2.75, 3.05) is 17.2 Å². The quantitative estimate of drug-likeness (QED) is 0.335. The van der Waals surface area contributed by atoms with Gasteiger partial charge in [-0.1, -0.05) is 6.58 Å². The summed E-state index contributed by atoms with van der Waals surface area (Å²) >= 11 is 0. The molecule has 2 aromatic heterocycles. The van der Waals surface area contributed by atoms with Gasteiger partial charge in [0.1, 0.15) is 11.6 Å². The maximum absolute atomic E-state index is 12.6. The first-order chi connectivity index (χ1) is 16.1. The molecule has 8 nitrogen and oxygen atoms in total. The Bertz CT molecular complexity index is 1070. The number of carbonyl (C=O) groups excluding carboxylic acids is 1. The maximum atomic E-state index is 12.6. The zero-order valence-corrected chi connectivity index (χ0v) is 18.5. The van der Waals surface area contributed by atoms with Crippen LogP contribution in [0.4, 0.5) is 17.3 Å². The zero-order valence-electron chi connectivity index (χ0n) is 18.5. The number of nitrogens with zero attached hydrogens (tertiary/aromatic N) is 4. The molecule has 4 aliphatic carbocycles. The van der Waals surface area contributed by atoms with E-state index in [0.29, 0.717) is 48.0 Å². The molecule has 4 aliphatic rings. The Labute approximate surface area is 193 Å². The van der Waals surface area contributed by atoms with E-state index in [-0.39, 0.29) is 17.4 Å². The van der Waals surface area contributed by atoms with Gasteiger partial charge in [0, 0.05) is 30.7 Å². The second-order valence-electron chi connectivity index (χ2n) is 9.48. The monoisotopic (exact) mass is 444 g/mol. The second kappa shape index (κ2) is 8.91. The summed E-state index contributed by atoms with van der Waals surface area (Å²) in [7, 11) is 0. The number of hydrogen-bond donors (Lipinski definition) is 2. The Morgan fingerprint density at radius 1 is 1.21 bits per heavy atom. The molecular weight excluding hydrogens is 416 g/mol. The van der Waals surface area contributed by atoms with Gasteiger partial charge in [-0.15, -0.1) is 0 Å². The molecule has 2 aromatic rings. The number of rotatable bonds is 9. The summed E-state index contributed by atoms with van der Waals surface area (Å²) in [4.78, 5) is 25.3. The van der Waals surface area contributed by atoms with Gasteiger partial charge in [-0.25, -0.2) is 9.97 Å². The molecule has 6 rings (SSSR count). The number of ether oxygens (including phenoxy) is 1. The first-order valence-corrected chi connectivity index (χ1v) is 11.6. The van der Waals surface area contributed by atoms with Crippen LogP contribution < -0.4 is 10.6 Å². The van der Waals surface area contributed by atoms with Gasteiger partial charge >= 0.3 is 0 Å². The maximum Gasteiger partial charge on any atom is 0.188 e. The number of ketones is 1. The van der Waals surface area contributed by atoms with Crippen LogP contribution in [0.15, 0.2) is 43.5 Å².